The molecular formula is C19H22N2O. The van der Waals surface area contributed by atoms with Crippen molar-refractivity contribution >= 4 is 12.1 Å². The van der Waals surface area contributed by atoms with Gasteiger partial charge in [0.05, 0.1) is 6.21 Å². The molecule has 0 bridgehead atoms. The van der Waals surface area contributed by atoms with Crippen LogP contribution in [0.1, 0.15) is 47.8 Å². The lowest BCUT2D eigenvalue weighted by atomic mass is 9.87. The Morgan fingerprint density at radius 2 is 1.68 bits per heavy atom. The molecule has 0 saturated carbocycles. The number of hydrogen-bond donors (Lipinski definition) is 1. The number of nitrogens with zero attached hydrogens (tertiary/aromatic N) is 1. The fraction of sp³-hybridized carbons (Fsp3) is 0.263. The van der Waals surface area contributed by atoms with E-state index in [2.05, 4.69) is 31.3 Å². The van der Waals surface area contributed by atoms with Crippen molar-refractivity contribution in [1.82, 2.24) is 5.43 Å². The fourth-order valence-electron chi connectivity index (χ4n) is 2.08. The molecule has 0 heterocycles. The van der Waals surface area contributed by atoms with Gasteiger partial charge in [-0.15, -0.1) is 0 Å². The molecule has 1 amide bonds. The average Bonchev–Trinajstić information content (AvgIpc) is 2.48. The Balaban J connectivity index is 2.02. The summed E-state index contributed by atoms with van der Waals surface area (Å²) in [6, 6.07) is 15.5. The number of aryl methyl sites for hydroxylation is 1. The third-order valence-electron chi connectivity index (χ3n) is 3.57. The summed E-state index contributed by atoms with van der Waals surface area (Å²) < 4.78 is 0. The molecule has 0 unspecified atom stereocenters. The van der Waals surface area contributed by atoms with Gasteiger partial charge in [0.2, 0.25) is 0 Å². The summed E-state index contributed by atoms with van der Waals surface area (Å²) in [5.41, 5.74) is 6.56. The fourth-order valence-corrected chi connectivity index (χ4v) is 2.08. The maximum atomic E-state index is 12.1. The first-order valence-electron chi connectivity index (χ1n) is 7.37. The van der Waals surface area contributed by atoms with Gasteiger partial charge in [-0.3, -0.25) is 4.79 Å². The molecule has 2 rings (SSSR count). The summed E-state index contributed by atoms with van der Waals surface area (Å²) in [5.74, 6) is -0.203. The number of hydrogen-bond acceptors (Lipinski definition) is 2. The van der Waals surface area contributed by atoms with Crippen molar-refractivity contribution in [2.24, 2.45) is 5.10 Å². The van der Waals surface area contributed by atoms with Crippen LogP contribution < -0.4 is 5.43 Å². The van der Waals surface area contributed by atoms with Crippen LogP contribution in [-0.2, 0) is 5.41 Å². The molecule has 2 aromatic rings. The first kappa shape index (κ1) is 16.0. The lowest BCUT2D eigenvalue weighted by Crippen LogP contribution is -2.18. The van der Waals surface area contributed by atoms with E-state index in [-0.39, 0.29) is 11.3 Å². The number of carbonyl (C=O) groups excluding carboxylic acids is 1. The van der Waals surface area contributed by atoms with Crippen molar-refractivity contribution in [2.75, 3.05) is 0 Å². The highest BCUT2D eigenvalue weighted by Gasteiger charge is 2.14. The number of hydrazone groups is 1. The predicted molar refractivity (Wildman–Crippen MR) is 91.4 cm³/mol. The Kier molecular flexibility index (Phi) is 4.76. The number of amides is 1. The summed E-state index contributed by atoms with van der Waals surface area (Å²) in [7, 11) is 0. The third-order valence-corrected chi connectivity index (χ3v) is 3.57. The van der Waals surface area contributed by atoms with E-state index in [1.54, 1.807) is 6.21 Å². The van der Waals surface area contributed by atoms with E-state index in [9.17, 15) is 4.79 Å². The van der Waals surface area contributed by atoms with Gasteiger partial charge in [0, 0.05) is 5.56 Å². The van der Waals surface area contributed by atoms with Crippen LogP contribution in [0.3, 0.4) is 0 Å². The van der Waals surface area contributed by atoms with Crippen LogP contribution in [0.25, 0.3) is 0 Å². The molecule has 0 aromatic heterocycles. The van der Waals surface area contributed by atoms with Crippen LogP contribution in [-0.4, -0.2) is 12.1 Å². The van der Waals surface area contributed by atoms with E-state index in [0.717, 1.165) is 11.1 Å². The number of benzene rings is 2. The van der Waals surface area contributed by atoms with Crippen LogP contribution in [0.15, 0.2) is 53.6 Å². The van der Waals surface area contributed by atoms with Crippen LogP contribution in [0, 0.1) is 6.92 Å². The largest absolute Gasteiger partial charge is 0.271 e. The van der Waals surface area contributed by atoms with Crippen molar-refractivity contribution in [2.45, 2.75) is 33.1 Å². The minimum absolute atomic E-state index is 0.0813. The van der Waals surface area contributed by atoms with Gasteiger partial charge in [0.15, 0.2) is 0 Å². The molecule has 3 nitrogen and oxygen atoms in total. The Labute approximate surface area is 132 Å². The molecule has 0 radical (unpaired) electrons. The third kappa shape index (κ3) is 4.04. The van der Waals surface area contributed by atoms with Crippen molar-refractivity contribution in [3.8, 4) is 0 Å². The van der Waals surface area contributed by atoms with Crippen molar-refractivity contribution in [1.29, 1.82) is 0 Å². The lowest BCUT2D eigenvalue weighted by molar-refractivity contribution is 0.0955. The molecule has 0 aliphatic carbocycles. The second-order valence-electron chi connectivity index (χ2n) is 6.38. The monoisotopic (exact) mass is 294 g/mol. The van der Waals surface area contributed by atoms with Crippen molar-refractivity contribution < 1.29 is 4.79 Å². The lowest BCUT2D eigenvalue weighted by Gasteiger charge is -2.18. The SMILES string of the molecule is Cc1ccccc1/C=N/NC(=O)c1ccc(C(C)(C)C)cc1. The highest BCUT2D eigenvalue weighted by Crippen LogP contribution is 2.22. The maximum absolute atomic E-state index is 12.1. The molecule has 0 saturated heterocycles. The van der Waals surface area contributed by atoms with E-state index in [1.807, 2.05) is 55.5 Å². The Morgan fingerprint density at radius 3 is 2.27 bits per heavy atom. The van der Waals surface area contributed by atoms with Gasteiger partial charge in [0.1, 0.15) is 0 Å². The number of nitrogens with one attached hydrogen (secondary N) is 1. The molecule has 22 heavy (non-hydrogen) atoms. The summed E-state index contributed by atoms with van der Waals surface area (Å²) in [6.45, 7) is 8.45. The van der Waals surface area contributed by atoms with Gasteiger partial charge in [-0.05, 0) is 41.2 Å². The van der Waals surface area contributed by atoms with Gasteiger partial charge in [-0.25, -0.2) is 5.43 Å². The minimum Gasteiger partial charge on any atom is -0.267 e. The predicted octanol–water partition coefficient (Wildman–Crippen LogP) is 4.06. The van der Waals surface area contributed by atoms with Gasteiger partial charge >= 0.3 is 0 Å². The van der Waals surface area contributed by atoms with Crippen molar-refractivity contribution in [3.63, 3.8) is 0 Å². The van der Waals surface area contributed by atoms with Crippen LogP contribution in [0.4, 0.5) is 0 Å². The first-order chi connectivity index (χ1) is 10.4. The van der Waals surface area contributed by atoms with Crippen LogP contribution in [0.5, 0.6) is 0 Å². The van der Waals surface area contributed by atoms with E-state index in [4.69, 9.17) is 0 Å². The standard InChI is InChI=1S/C19H22N2O/c1-14-7-5-6-8-16(14)13-20-21-18(22)15-9-11-17(12-10-15)19(2,3)4/h5-13H,1-4H3,(H,21,22)/b20-13+. The summed E-state index contributed by atoms with van der Waals surface area (Å²) in [4.78, 5) is 12.1. The second kappa shape index (κ2) is 6.56. The van der Waals surface area contributed by atoms with Crippen molar-refractivity contribution in [3.05, 3.63) is 70.8 Å². The molecule has 0 spiro atoms. The summed E-state index contributed by atoms with van der Waals surface area (Å²) in [5, 5.41) is 4.03. The molecular weight excluding hydrogens is 272 g/mol. The van der Waals surface area contributed by atoms with Gasteiger partial charge in [0.25, 0.3) is 5.91 Å². The van der Waals surface area contributed by atoms with Gasteiger partial charge in [-0.2, -0.15) is 5.10 Å². The molecule has 0 aliphatic rings. The zero-order valence-electron chi connectivity index (χ0n) is 13.6. The maximum Gasteiger partial charge on any atom is 0.271 e. The highest BCUT2D eigenvalue weighted by molar-refractivity contribution is 5.95. The zero-order chi connectivity index (χ0) is 16.2. The van der Waals surface area contributed by atoms with Crippen LogP contribution in [0.2, 0.25) is 0 Å². The van der Waals surface area contributed by atoms with E-state index < -0.39 is 0 Å². The average molecular weight is 294 g/mol. The topological polar surface area (TPSA) is 41.5 Å². The summed E-state index contributed by atoms with van der Waals surface area (Å²) in [6.07, 6.45) is 1.66. The molecule has 0 aliphatic heterocycles. The molecule has 114 valence electrons. The van der Waals surface area contributed by atoms with Crippen LogP contribution >= 0.6 is 0 Å². The smallest absolute Gasteiger partial charge is 0.267 e. The molecule has 2 aromatic carbocycles. The van der Waals surface area contributed by atoms with E-state index in [1.165, 1.54) is 5.56 Å². The summed E-state index contributed by atoms with van der Waals surface area (Å²) >= 11 is 0. The number of carbonyl (C=O) groups is 1. The normalized spacial score (nSPS) is 11.6. The highest BCUT2D eigenvalue weighted by atomic mass is 16.2. The number of rotatable bonds is 3. The first-order valence-corrected chi connectivity index (χ1v) is 7.37. The Bertz CT molecular complexity index is 679. The molecule has 0 fully saturated rings. The molecule has 3 heteroatoms. The Morgan fingerprint density at radius 1 is 1.05 bits per heavy atom. The quantitative estimate of drug-likeness (QED) is 0.673. The minimum atomic E-state index is -0.203. The second-order valence-corrected chi connectivity index (χ2v) is 6.38. The van der Waals surface area contributed by atoms with Gasteiger partial charge in [-0.1, -0.05) is 57.2 Å². The van der Waals surface area contributed by atoms with E-state index in [0.29, 0.717) is 5.56 Å². The molecule has 1 N–H and O–H groups in total. The van der Waals surface area contributed by atoms with Gasteiger partial charge < -0.3 is 0 Å². The Hall–Kier alpha value is -2.42. The zero-order valence-corrected chi connectivity index (χ0v) is 13.6. The molecule has 0 atom stereocenters. The van der Waals surface area contributed by atoms with E-state index >= 15 is 0 Å².